The summed E-state index contributed by atoms with van der Waals surface area (Å²) < 4.78 is 17.7. The summed E-state index contributed by atoms with van der Waals surface area (Å²) >= 11 is 0. The number of pyridine rings is 1. The number of hydrogen-bond acceptors (Lipinski definition) is 5. The van der Waals surface area contributed by atoms with Gasteiger partial charge in [0.2, 0.25) is 0 Å². The van der Waals surface area contributed by atoms with E-state index in [0.717, 1.165) is 16.6 Å². The van der Waals surface area contributed by atoms with Crippen molar-refractivity contribution in [2.75, 3.05) is 0 Å². The number of benzene rings is 2. The minimum atomic E-state index is -0.489. The van der Waals surface area contributed by atoms with Gasteiger partial charge in [0, 0.05) is 17.1 Å². The molecule has 0 saturated heterocycles. The number of halogens is 1. The maximum absolute atomic E-state index is 14.5. The Kier molecular flexibility index (Phi) is 4.35. The van der Waals surface area contributed by atoms with Crippen LogP contribution in [0.2, 0.25) is 0 Å². The standard InChI is InChI=1S/C24H15FN8O/c25-19-7-14(10-26)1-2-16(19)13-32-22(5-6-28-32)21-9-23-18(24(34)30-21)12-29-33(23)17-4-3-15-11-27-31-20(15)8-17/h1-9,11-12H,13H2,(H,27,31)(H,30,34). The average molecular weight is 450 g/mol. The number of rotatable bonds is 4. The van der Waals surface area contributed by atoms with E-state index in [1.807, 2.05) is 30.3 Å². The molecule has 0 saturated carbocycles. The van der Waals surface area contributed by atoms with Crippen molar-refractivity contribution in [3.05, 3.63) is 94.4 Å². The van der Waals surface area contributed by atoms with E-state index < -0.39 is 5.82 Å². The Morgan fingerprint density at radius 1 is 1.06 bits per heavy atom. The van der Waals surface area contributed by atoms with Crippen LogP contribution in [0.1, 0.15) is 11.1 Å². The second-order valence-electron chi connectivity index (χ2n) is 7.80. The molecular weight excluding hydrogens is 435 g/mol. The Labute approximate surface area is 190 Å². The summed E-state index contributed by atoms with van der Waals surface area (Å²) in [5, 5.41) is 26.1. The Morgan fingerprint density at radius 3 is 2.82 bits per heavy atom. The highest BCUT2D eigenvalue weighted by atomic mass is 19.1. The summed E-state index contributed by atoms with van der Waals surface area (Å²) in [4.78, 5) is 15.7. The first kappa shape index (κ1) is 19.6. The van der Waals surface area contributed by atoms with Gasteiger partial charge in [-0.3, -0.25) is 14.6 Å². The van der Waals surface area contributed by atoms with Crippen LogP contribution in [-0.4, -0.2) is 34.7 Å². The summed E-state index contributed by atoms with van der Waals surface area (Å²) in [5.41, 5.74) is 3.72. The molecule has 6 rings (SSSR count). The summed E-state index contributed by atoms with van der Waals surface area (Å²) in [5.74, 6) is -0.489. The predicted molar refractivity (Wildman–Crippen MR) is 123 cm³/mol. The Morgan fingerprint density at radius 2 is 1.97 bits per heavy atom. The number of nitriles is 1. The normalized spacial score (nSPS) is 11.3. The molecular formula is C24H15FN8O. The van der Waals surface area contributed by atoms with Crippen molar-refractivity contribution in [1.29, 1.82) is 5.26 Å². The van der Waals surface area contributed by atoms with E-state index in [2.05, 4.69) is 25.4 Å². The molecule has 0 unspecified atom stereocenters. The van der Waals surface area contributed by atoms with E-state index in [1.54, 1.807) is 40.0 Å². The molecule has 2 aromatic carbocycles. The molecule has 4 heterocycles. The summed E-state index contributed by atoms with van der Waals surface area (Å²) in [6.07, 6.45) is 4.85. The van der Waals surface area contributed by atoms with Gasteiger partial charge in [0.15, 0.2) is 0 Å². The van der Waals surface area contributed by atoms with Crippen molar-refractivity contribution < 1.29 is 4.39 Å². The summed E-state index contributed by atoms with van der Waals surface area (Å²) in [6.45, 7) is 0.135. The van der Waals surface area contributed by atoms with E-state index in [9.17, 15) is 9.18 Å². The number of aromatic amines is 2. The first-order chi connectivity index (χ1) is 16.6. The highest BCUT2D eigenvalue weighted by Gasteiger charge is 2.15. The zero-order valence-corrected chi connectivity index (χ0v) is 17.5. The molecule has 2 N–H and O–H groups in total. The summed E-state index contributed by atoms with van der Waals surface area (Å²) in [7, 11) is 0. The Balaban J connectivity index is 1.44. The maximum atomic E-state index is 14.5. The largest absolute Gasteiger partial charge is 0.320 e. The molecule has 0 bridgehead atoms. The molecule has 164 valence electrons. The van der Waals surface area contributed by atoms with Crippen LogP contribution in [0.5, 0.6) is 0 Å². The molecule has 0 fully saturated rings. The van der Waals surface area contributed by atoms with Gasteiger partial charge in [-0.05, 0) is 42.5 Å². The smallest absolute Gasteiger partial charge is 0.259 e. The third-order valence-corrected chi connectivity index (χ3v) is 5.75. The quantitative estimate of drug-likeness (QED) is 0.426. The minimum absolute atomic E-state index is 0.135. The molecule has 0 aliphatic heterocycles. The van der Waals surface area contributed by atoms with Crippen molar-refractivity contribution in [2.24, 2.45) is 0 Å². The van der Waals surface area contributed by atoms with Crippen LogP contribution in [0.25, 0.3) is 38.9 Å². The van der Waals surface area contributed by atoms with Gasteiger partial charge in [-0.1, -0.05) is 6.07 Å². The van der Waals surface area contributed by atoms with Crippen molar-refractivity contribution in [1.82, 2.24) is 34.7 Å². The van der Waals surface area contributed by atoms with Crippen molar-refractivity contribution >= 4 is 21.8 Å². The van der Waals surface area contributed by atoms with Crippen molar-refractivity contribution in [3.63, 3.8) is 0 Å². The first-order valence-corrected chi connectivity index (χ1v) is 10.4. The van der Waals surface area contributed by atoms with Crippen molar-refractivity contribution in [2.45, 2.75) is 6.54 Å². The number of nitrogens with zero attached hydrogens (tertiary/aromatic N) is 6. The molecule has 0 aliphatic carbocycles. The molecule has 34 heavy (non-hydrogen) atoms. The van der Waals surface area contributed by atoms with Crippen LogP contribution >= 0.6 is 0 Å². The molecule has 0 atom stereocenters. The monoisotopic (exact) mass is 450 g/mol. The fourth-order valence-electron chi connectivity index (χ4n) is 4.03. The highest BCUT2D eigenvalue weighted by molar-refractivity contribution is 5.85. The van der Waals surface area contributed by atoms with Gasteiger partial charge in [-0.25, -0.2) is 9.07 Å². The van der Waals surface area contributed by atoms with Gasteiger partial charge in [-0.2, -0.15) is 20.6 Å². The lowest BCUT2D eigenvalue weighted by Gasteiger charge is -2.10. The van der Waals surface area contributed by atoms with E-state index in [0.29, 0.717) is 27.9 Å². The third-order valence-electron chi connectivity index (χ3n) is 5.75. The summed E-state index contributed by atoms with van der Waals surface area (Å²) in [6, 6.07) is 15.6. The van der Waals surface area contributed by atoms with E-state index in [4.69, 9.17) is 5.26 Å². The van der Waals surface area contributed by atoms with Crippen LogP contribution in [0.3, 0.4) is 0 Å². The SMILES string of the molecule is N#Cc1ccc(Cn2nccc2-c2cc3c(cnn3-c3ccc4cn[nH]c4c3)c(=O)[nH]2)c(F)c1. The van der Waals surface area contributed by atoms with Gasteiger partial charge in [0.25, 0.3) is 5.56 Å². The topological polar surface area (TPSA) is 121 Å². The second kappa shape index (κ2) is 7.53. The predicted octanol–water partition coefficient (Wildman–Crippen LogP) is 3.51. The second-order valence-corrected chi connectivity index (χ2v) is 7.80. The molecule has 0 aliphatic rings. The zero-order chi connectivity index (χ0) is 23.2. The van der Waals surface area contributed by atoms with E-state index in [-0.39, 0.29) is 17.7 Å². The molecule has 4 aromatic heterocycles. The van der Waals surface area contributed by atoms with Gasteiger partial charge in [0.05, 0.1) is 64.1 Å². The lowest BCUT2D eigenvalue weighted by Crippen LogP contribution is -2.11. The lowest BCUT2D eigenvalue weighted by atomic mass is 10.1. The van der Waals surface area contributed by atoms with Crippen molar-refractivity contribution in [3.8, 4) is 23.1 Å². The molecule has 0 spiro atoms. The van der Waals surface area contributed by atoms with Gasteiger partial charge < -0.3 is 4.98 Å². The number of nitrogens with one attached hydrogen (secondary N) is 2. The molecule has 10 heteroatoms. The zero-order valence-electron chi connectivity index (χ0n) is 17.5. The fourth-order valence-corrected chi connectivity index (χ4v) is 4.03. The van der Waals surface area contributed by atoms with Crippen LogP contribution in [0, 0.1) is 17.1 Å². The average Bonchev–Trinajstić information content (AvgIpc) is 3.59. The molecule has 6 aromatic rings. The highest BCUT2D eigenvalue weighted by Crippen LogP contribution is 2.24. The Hall–Kier alpha value is -5.04. The van der Waals surface area contributed by atoms with Gasteiger partial charge >= 0.3 is 0 Å². The minimum Gasteiger partial charge on any atom is -0.320 e. The Bertz CT molecular complexity index is 1800. The number of H-pyrrole nitrogens is 2. The van der Waals surface area contributed by atoms with Crippen LogP contribution < -0.4 is 5.56 Å². The van der Waals surface area contributed by atoms with E-state index >= 15 is 0 Å². The number of fused-ring (bicyclic) bond motifs is 2. The van der Waals surface area contributed by atoms with Crippen LogP contribution in [0.4, 0.5) is 4.39 Å². The lowest BCUT2D eigenvalue weighted by molar-refractivity contribution is 0.586. The third kappa shape index (κ3) is 3.15. The fraction of sp³-hybridized carbons (Fsp3) is 0.0417. The molecule has 0 amide bonds. The van der Waals surface area contributed by atoms with Gasteiger partial charge in [0.1, 0.15) is 5.82 Å². The maximum Gasteiger partial charge on any atom is 0.259 e. The number of hydrogen-bond donors (Lipinski definition) is 2. The molecule has 0 radical (unpaired) electrons. The van der Waals surface area contributed by atoms with Crippen LogP contribution in [-0.2, 0) is 6.54 Å². The van der Waals surface area contributed by atoms with Gasteiger partial charge in [-0.15, -0.1) is 0 Å². The number of aromatic nitrogens is 7. The van der Waals surface area contributed by atoms with E-state index in [1.165, 1.54) is 12.3 Å². The first-order valence-electron chi connectivity index (χ1n) is 10.4. The van der Waals surface area contributed by atoms with Crippen LogP contribution in [0.15, 0.2) is 71.9 Å². The molecule has 9 nitrogen and oxygen atoms in total.